The maximum Gasteiger partial charge on any atom is 0.0348 e. The van der Waals surface area contributed by atoms with Crippen LogP contribution in [-0.2, 0) is 6.54 Å². The van der Waals surface area contributed by atoms with Crippen molar-refractivity contribution in [1.82, 2.24) is 5.32 Å². The van der Waals surface area contributed by atoms with Gasteiger partial charge in [-0.25, -0.2) is 0 Å². The van der Waals surface area contributed by atoms with Gasteiger partial charge >= 0.3 is 0 Å². The second-order valence-electron chi connectivity index (χ2n) is 4.35. The summed E-state index contributed by atoms with van der Waals surface area (Å²) in [6, 6.07) is 11.1. The average molecular weight is 245 g/mol. The van der Waals surface area contributed by atoms with Crippen molar-refractivity contribution in [2.75, 3.05) is 6.54 Å². The van der Waals surface area contributed by atoms with Gasteiger partial charge in [0.05, 0.1) is 0 Å². The fraction of sp³-hybridized carbons (Fsp3) is 0.333. The summed E-state index contributed by atoms with van der Waals surface area (Å²) in [5, 5.41) is 3.41. The summed E-state index contributed by atoms with van der Waals surface area (Å²) in [5.74, 6) is 0. The zero-order valence-corrected chi connectivity index (χ0v) is 11.5. The van der Waals surface area contributed by atoms with Gasteiger partial charge in [0.1, 0.15) is 0 Å². The number of thiophene rings is 1. The highest BCUT2D eigenvalue weighted by molar-refractivity contribution is 7.15. The average Bonchev–Trinajstić information content (AvgIpc) is 2.74. The van der Waals surface area contributed by atoms with Gasteiger partial charge in [-0.3, -0.25) is 0 Å². The molecule has 0 amide bonds. The van der Waals surface area contributed by atoms with Crippen molar-refractivity contribution in [3.05, 3.63) is 46.3 Å². The highest BCUT2D eigenvalue weighted by Crippen LogP contribution is 2.31. The van der Waals surface area contributed by atoms with Gasteiger partial charge in [0.25, 0.3) is 0 Å². The number of nitrogens with one attached hydrogen (secondary N) is 1. The number of hydrogen-bond donors (Lipinski definition) is 1. The van der Waals surface area contributed by atoms with E-state index in [9.17, 15) is 0 Å². The molecule has 1 aromatic carbocycles. The van der Waals surface area contributed by atoms with Crippen molar-refractivity contribution in [2.24, 2.45) is 0 Å². The van der Waals surface area contributed by atoms with Crippen LogP contribution < -0.4 is 5.32 Å². The van der Waals surface area contributed by atoms with Crippen molar-refractivity contribution in [3.8, 4) is 10.4 Å². The zero-order chi connectivity index (χ0) is 12.3. The highest BCUT2D eigenvalue weighted by Gasteiger charge is 2.07. The second-order valence-corrected chi connectivity index (χ2v) is 5.64. The van der Waals surface area contributed by atoms with E-state index in [0.717, 1.165) is 13.1 Å². The first-order valence-corrected chi connectivity index (χ1v) is 6.89. The third-order valence-corrected chi connectivity index (χ3v) is 3.87. The lowest BCUT2D eigenvalue weighted by Gasteiger charge is -2.09. The predicted octanol–water partition coefficient (Wildman–Crippen LogP) is 4.14. The van der Waals surface area contributed by atoms with Gasteiger partial charge in [-0.2, -0.15) is 0 Å². The Morgan fingerprint density at radius 1 is 1.12 bits per heavy atom. The molecule has 2 aromatic rings. The number of hydrogen-bond acceptors (Lipinski definition) is 2. The fourth-order valence-corrected chi connectivity index (χ4v) is 2.83. The summed E-state index contributed by atoms with van der Waals surface area (Å²) in [4.78, 5) is 2.75. The largest absolute Gasteiger partial charge is 0.313 e. The van der Waals surface area contributed by atoms with E-state index in [4.69, 9.17) is 0 Å². The SMILES string of the molecule is CCNCc1ccc(C)cc1-c1ccc(C)s1. The Balaban J connectivity index is 2.39. The predicted molar refractivity (Wildman–Crippen MR) is 76.6 cm³/mol. The topological polar surface area (TPSA) is 12.0 Å². The smallest absolute Gasteiger partial charge is 0.0348 e. The molecule has 0 radical (unpaired) electrons. The minimum Gasteiger partial charge on any atom is -0.313 e. The van der Waals surface area contributed by atoms with Gasteiger partial charge in [-0.15, -0.1) is 11.3 Å². The molecule has 0 aliphatic heterocycles. The molecule has 2 heteroatoms. The van der Waals surface area contributed by atoms with Crippen LogP contribution in [-0.4, -0.2) is 6.54 Å². The molecule has 90 valence electrons. The van der Waals surface area contributed by atoms with E-state index in [-0.39, 0.29) is 0 Å². The van der Waals surface area contributed by atoms with Gasteiger partial charge in [-0.05, 0) is 43.7 Å². The molecular weight excluding hydrogens is 226 g/mol. The molecule has 0 saturated heterocycles. The molecular formula is C15H19NS. The summed E-state index contributed by atoms with van der Waals surface area (Å²) in [5.41, 5.74) is 4.09. The first kappa shape index (κ1) is 12.3. The van der Waals surface area contributed by atoms with Crippen LogP contribution in [0.2, 0.25) is 0 Å². The van der Waals surface area contributed by atoms with Gasteiger partial charge in [-0.1, -0.05) is 30.7 Å². The number of benzene rings is 1. The maximum absolute atomic E-state index is 3.41. The molecule has 2 rings (SSSR count). The Kier molecular flexibility index (Phi) is 3.97. The van der Waals surface area contributed by atoms with Crippen LogP contribution in [0.15, 0.2) is 30.3 Å². The maximum atomic E-state index is 3.41. The highest BCUT2D eigenvalue weighted by atomic mass is 32.1. The van der Waals surface area contributed by atoms with E-state index < -0.39 is 0 Å². The standard InChI is InChI=1S/C15H19NS/c1-4-16-10-13-7-5-11(2)9-14(13)15-8-6-12(3)17-15/h5-9,16H,4,10H2,1-3H3. The van der Waals surface area contributed by atoms with Crippen LogP contribution >= 0.6 is 11.3 Å². The van der Waals surface area contributed by atoms with Crippen LogP contribution in [0.25, 0.3) is 10.4 Å². The Bertz CT molecular complexity index is 499. The molecule has 1 heterocycles. The lowest BCUT2D eigenvalue weighted by Crippen LogP contribution is -2.12. The van der Waals surface area contributed by atoms with E-state index in [1.807, 2.05) is 11.3 Å². The normalized spacial score (nSPS) is 10.8. The fourth-order valence-electron chi connectivity index (χ4n) is 1.91. The molecule has 1 aromatic heterocycles. The monoisotopic (exact) mass is 245 g/mol. The summed E-state index contributed by atoms with van der Waals surface area (Å²) in [6.07, 6.45) is 0. The van der Waals surface area contributed by atoms with Crippen molar-refractivity contribution in [3.63, 3.8) is 0 Å². The van der Waals surface area contributed by atoms with Crippen LogP contribution in [0.3, 0.4) is 0 Å². The Hall–Kier alpha value is -1.12. The van der Waals surface area contributed by atoms with Crippen LogP contribution in [0, 0.1) is 13.8 Å². The first-order valence-electron chi connectivity index (χ1n) is 6.07. The van der Waals surface area contributed by atoms with Crippen LogP contribution in [0.5, 0.6) is 0 Å². The van der Waals surface area contributed by atoms with E-state index in [1.165, 1.54) is 26.4 Å². The third kappa shape index (κ3) is 2.96. The molecule has 0 atom stereocenters. The summed E-state index contributed by atoms with van der Waals surface area (Å²) in [6.45, 7) is 8.41. The zero-order valence-electron chi connectivity index (χ0n) is 10.7. The molecule has 0 fully saturated rings. The van der Waals surface area contributed by atoms with Crippen molar-refractivity contribution >= 4 is 11.3 Å². The van der Waals surface area contributed by atoms with Gasteiger partial charge in [0, 0.05) is 16.3 Å². The Labute approximate surface area is 108 Å². The summed E-state index contributed by atoms with van der Waals surface area (Å²) in [7, 11) is 0. The van der Waals surface area contributed by atoms with E-state index in [0.29, 0.717) is 0 Å². The van der Waals surface area contributed by atoms with Crippen LogP contribution in [0.4, 0.5) is 0 Å². The minimum absolute atomic E-state index is 0.947. The molecule has 0 aliphatic rings. The van der Waals surface area contributed by atoms with Gasteiger partial charge in [0.2, 0.25) is 0 Å². The van der Waals surface area contributed by atoms with Crippen molar-refractivity contribution in [2.45, 2.75) is 27.3 Å². The van der Waals surface area contributed by atoms with Crippen molar-refractivity contribution < 1.29 is 0 Å². The molecule has 17 heavy (non-hydrogen) atoms. The second kappa shape index (κ2) is 5.48. The third-order valence-electron chi connectivity index (χ3n) is 2.84. The molecule has 1 nitrogen and oxygen atoms in total. The molecule has 0 unspecified atom stereocenters. The quantitative estimate of drug-likeness (QED) is 0.853. The first-order chi connectivity index (χ1) is 8.20. The van der Waals surface area contributed by atoms with E-state index in [2.05, 4.69) is 56.4 Å². The molecule has 0 bridgehead atoms. The van der Waals surface area contributed by atoms with E-state index in [1.54, 1.807) is 0 Å². The molecule has 0 spiro atoms. The summed E-state index contributed by atoms with van der Waals surface area (Å²) < 4.78 is 0. The molecule has 1 N–H and O–H groups in total. The number of rotatable bonds is 4. The van der Waals surface area contributed by atoms with Gasteiger partial charge in [0.15, 0.2) is 0 Å². The number of aryl methyl sites for hydroxylation is 2. The lowest BCUT2D eigenvalue weighted by molar-refractivity contribution is 0.728. The Morgan fingerprint density at radius 2 is 1.94 bits per heavy atom. The summed E-state index contributed by atoms with van der Waals surface area (Å²) >= 11 is 1.87. The van der Waals surface area contributed by atoms with E-state index >= 15 is 0 Å². The minimum atomic E-state index is 0.947. The lowest BCUT2D eigenvalue weighted by atomic mass is 10.0. The van der Waals surface area contributed by atoms with Gasteiger partial charge < -0.3 is 5.32 Å². The Morgan fingerprint density at radius 3 is 2.59 bits per heavy atom. The van der Waals surface area contributed by atoms with Crippen molar-refractivity contribution in [1.29, 1.82) is 0 Å². The molecule has 0 saturated carbocycles. The van der Waals surface area contributed by atoms with Crippen LogP contribution in [0.1, 0.15) is 22.9 Å². The molecule has 0 aliphatic carbocycles.